The summed E-state index contributed by atoms with van der Waals surface area (Å²) in [5, 5.41) is 8.02. The number of hydrogen-bond acceptors (Lipinski definition) is 1. The van der Waals surface area contributed by atoms with Crippen LogP contribution in [0.2, 0.25) is 0 Å². The normalized spacial score (nSPS) is 19.3. The molecule has 4 aliphatic carbocycles. The summed E-state index contributed by atoms with van der Waals surface area (Å²) in [6.07, 6.45) is 6.84. The molecule has 1 spiro atoms. The van der Waals surface area contributed by atoms with Crippen LogP contribution in [0, 0.1) is 23.7 Å². The van der Waals surface area contributed by atoms with Gasteiger partial charge in [0, 0.05) is 27.4 Å². The summed E-state index contributed by atoms with van der Waals surface area (Å²) >= 11 is 0. The van der Waals surface area contributed by atoms with Crippen molar-refractivity contribution in [2.75, 3.05) is 4.90 Å². The Balaban J connectivity index is 1.00. The van der Waals surface area contributed by atoms with Gasteiger partial charge in [-0.2, -0.15) is 0 Å². The van der Waals surface area contributed by atoms with Gasteiger partial charge in [0.2, 0.25) is 0 Å². The summed E-state index contributed by atoms with van der Waals surface area (Å²) in [6.45, 7) is 0. The highest BCUT2D eigenvalue weighted by Gasteiger charge is 2.61. The third-order valence-electron chi connectivity index (χ3n) is 18.1. The standard InChI is InChI=1S/C70H56N2Si/c1-4-24-55(25-5-1)73(56-26-6-2-7-27-56,57-28-8-3-9-29-57)58-30-19-21-50(47-58)59-33-20-40-68(69(59)51-22-18-23-54(46-51)71-64-36-14-10-31-60(64)61-32-11-15-37-65(61)71)72-66-38-16-12-34-62(66)70(63-35-13-17-39-67(63)72)52-42-48-41-49(44-52)45-53(70)43-48/h1-40,46-49,52-53H,41-45H2/t48-,49+,52-,53?. The highest BCUT2D eigenvalue weighted by molar-refractivity contribution is 7.19. The number of rotatable bonds is 8. The minimum atomic E-state index is -2.85. The highest BCUT2D eigenvalue weighted by atomic mass is 28.3. The van der Waals surface area contributed by atoms with Crippen molar-refractivity contribution >= 4 is 67.7 Å². The molecule has 4 bridgehead atoms. The molecule has 3 heteroatoms. The van der Waals surface area contributed by atoms with Crippen molar-refractivity contribution in [1.29, 1.82) is 0 Å². The molecular formula is C70H56N2Si. The lowest BCUT2D eigenvalue weighted by atomic mass is 9.41. The van der Waals surface area contributed by atoms with E-state index in [4.69, 9.17) is 0 Å². The van der Waals surface area contributed by atoms with Gasteiger partial charge >= 0.3 is 0 Å². The predicted octanol–water partition coefficient (Wildman–Crippen LogP) is 15.0. The third kappa shape index (κ3) is 6.28. The molecule has 1 aromatic heterocycles. The van der Waals surface area contributed by atoms with Gasteiger partial charge in [-0.05, 0) is 147 Å². The van der Waals surface area contributed by atoms with E-state index in [2.05, 4.69) is 264 Å². The second kappa shape index (κ2) is 16.8. The Kier molecular flexibility index (Phi) is 9.82. The molecule has 2 nitrogen and oxygen atoms in total. The number of benzene rings is 10. The predicted molar refractivity (Wildman–Crippen MR) is 308 cm³/mol. The fourth-order valence-electron chi connectivity index (χ4n) is 15.6. The zero-order chi connectivity index (χ0) is 48.1. The lowest BCUT2D eigenvalue weighted by Crippen LogP contribution is -2.74. The van der Waals surface area contributed by atoms with Crippen LogP contribution in [0.1, 0.15) is 43.2 Å². The summed E-state index contributed by atoms with van der Waals surface area (Å²) in [5.41, 5.74) is 15.4. The molecule has 0 saturated heterocycles. The van der Waals surface area contributed by atoms with Crippen LogP contribution in [0.15, 0.2) is 255 Å². The summed E-state index contributed by atoms with van der Waals surface area (Å²) in [5.74, 6) is 3.07. The molecule has 0 radical (unpaired) electrons. The smallest absolute Gasteiger partial charge is 0.179 e. The summed E-state index contributed by atoms with van der Waals surface area (Å²) in [4.78, 5) is 2.67. The van der Waals surface area contributed by atoms with Crippen molar-refractivity contribution in [2.45, 2.75) is 37.5 Å². The average Bonchev–Trinajstić information content (AvgIpc) is 3.79. The van der Waals surface area contributed by atoms with Gasteiger partial charge in [-0.3, -0.25) is 0 Å². The van der Waals surface area contributed by atoms with Crippen molar-refractivity contribution < 1.29 is 0 Å². The molecule has 1 aliphatic heterocycles. The van der Waals surface area contributed by atoms with Gasteiger partial charge in [0.15, 0.2) is 8.07 Å². The lowest BCUT2D eigenvalue weighted by molar-refractivity contribution is -0.0419. The third-order valence-corrected chi connectivity index (χ3v) is 22.9. The first-order chi connectivity index (χ1) is 36.2. The maximum Gasteiger partial charge on any atom is 0.179 e. The monoisotopic (exact) mass is 952 g/mol. The van der Waals surface area contributed by atoms with Gasteiger partial charge < -0.3 is 9.47 Å². The van der Waals surface area contributed by atoms with E-state index in [9.17, 15) is 0 Å². The minimum Gasteiger partial charge on any atom is -0.309 e. The second-order valence-corrected chi connectivity index (χ2v) is 25.4. The number of nitrogens with zero attached hydrogens (tertiary/aromatic N) is 2. The quantitative estimate of drug-likeness (QED) is 0.109. The van der Waals surface area contributed by atoms with Gasteiger partial charge in [-0.1, -0.05) is 212 Å². The topological polar surface area (TPSA) is 8.17 Å². The molecule has 350 valence electrons. The van der Waals surface area contributed by atoms with Crippen LogP contribution in [0.5, 0.6) is 0 Å². The number of anilines is 3. The highest BCUT2D eigenvalue weighted by Crippen LogP contribution is 2.69. The van der Waals surface area contributed by atoms with E-state index in [1.165, 1.54) is 125 Å². The van der Waals surface area contributed by atoms with Crippen LogP contribution >= 0.6 is 0 Å². The average molecular weight is 953 g/mol. The molecule has 11 aromatic rings. The molecule has 5 aliphatic rings. The lowest BCUT2D eigenvalue weighted by Gasteiger charge is -2.64. The van der Waals surface area contributed by atoms with Crippen LogP contribution in [0.3, 0.4) is 0 Å². The van der Waals surface area contributed by atoms with Crippen LogP contribution in [0.25, 0.3) is 49.7 Å². The Hall–Kier alpha value is -7.98. The molecule has 0 atom stereocenters. The minimum absolute atomic E-state index is 0.0138. The van der Waals surface area contributed by atoms with Crippen molar-refractivity contribution in [3.05, 3.63) is 266 Å². The van der Waals surface area contributed by atoms with Gasteiger partial charge in [0.05, 0.1) is 28.1 Å². The zero-order valence-electron chi connectivity index (χ0n) is 41.0. The molecule has 10 aromatic carbocycles. The largest absolute Gasteiger partial charge is 0.309 e. The van der Waals surface area contributed by atoms with E-state index in [1.54, 1.807) is 0 Å². The number of fused-ring (bicyclic) bond motifs is 5. The molecule has 4 saturated carbocycles. The summed E-state index contributed by atoms with van der Waals surface area (Å²) < 4.78 is 2.47. The maximum absolute atomic E-state index is 2.85. The van der Waals surface area contributed by atoms with E-state index in [1.807, 2.05) is 0 Å². The van der Waals surface area contributed by atoms with Crippen molar-refractivity contribution in [3.8, 4) is 27.9 Å². The van der Waals surface area contributed by atoms with Gasteiger partial charge in [-0.15, -0.1) is 0 Å². The van der Waals surface area contributed by atoms with Crippen molar-refractivity contribution in [2.24, 2.45) is 23.7 Å². The Morgan fingerprint density at radius 3 is 1.38 bits per heavy atom. The van der Waals surface area contributed by atoms with E-state index in [0.717, 1.165) is 17.5 Å². The summed E-state index contributed by atoms with van der Waals surface area (Å²) in [7, 11) is -2.85. The SMILES string of the molecule is c1ccc([Si](c2ccccc2)(c2ccccc2)c2cccc(-c3cccc(N4c5ccccc5C5(c6ccccc64)C4C[C@H]6C[C@@H](C4)C[C@@H]5C6)c3-c3cccc(-n4c5ccccc5c5ccccc54)c3)c2)cc1. The number of aromatic nitrogens is 1. The molecule has 0 unspecified atom stereocenters. The molecular weight excluding hydrogens is 897 g/mol. The first kappa shape index (κ1) is 42.7. The molecule has 4 fully saturated rings. The van der Waals surface area contributed by atoms with E-state index < -0.39 is 8.07 Å². The van der Waals surface area contributed by atoms with Gasteiger partial charge in [0.25, 0.3) is 0 Å². The van der Waals surface area contributed by atoms with E-state index >= 15 is 0 Å². The van der Waals surface area contributed by atoms with Crippen molar-refractivity contribution in [1.82, 2.24) is 4.57 Å². The Morgan fingerprint density at radius 2 is 0.808 bits per heavy atom. The molecule has 2 heterocycles. The first-order valence-electron chi connectivity index (χ1n) is 26.7. The Morgan fingerprint density at radius 1 is 0.356 bits per heavy atom. The van der Waals surface area contributed by atoms with Crippen LogP contribution < -0.4 is 25.6 Å². The second-order valence-electron chi connectivity index (χ2n) is 21.6. The fourth-order valence-corrected chi connectivity index (χ4v) is 20.4. The first-order valence-corrected chi connectivity index (χ1v) is 28.7. The zero-order valence-corrected chi connectivity index (χ0v) is 42.0. The Bertz CT molecular complexity index is 3660. The number of hydrogen-bond donors (Lipinski definition) is 0. The fraction of sp³-hybridized carbons (Fsp3) is 0.143. The van der Waals surface area contributed by atoms with E-state index in [0.29, 0.717) is 11.8 Å². The molecule has 0 N–H and O–H groups in total. The van der Waals surface area contributed by atoms with Crippen molar-refractivity contribution in [3.63, 3.8) is 0 Å². The van der Waals surface area contributed by atoms with E-state index in [-0.39, 0.29) is 5.41 Å². The summed E-state index contributed by atoms with van der Waals surface area (Å²) in [6, 6.07) is 97.2. The molecule has 16 rings (SSSR count). The Labute approximate surface area is 429 Å². The van der Waals surface area contributed by atoms with Crippen LogP contribution in [-0.4, -0.2) is 12.6 Å². The molecule has 0 amide bonds. The van der Waals surface area contributed by atoms with Gasteiger partial charge in [-0.25, -0.2) is 0 Å². The van der Waals surface area contributed by atoms with Crippen LogP contribution in [0.4, 0.5) is 17.1 Å². The molecule has 73 heavy (non-hydrogen) atoms. The van der Waals surface area contributed by atoms with Gasteiger partial charge in [0.1, 0.15) is 0 Å². The maximum atomic E-state index is 2.67. The number of para-hydroxylation sites is 4. The van der Waals surface area contributed by atoms with Crippen LogP contribution in [-0.2, 0) is 5.41 Å².